The first-order valence-corrected chi connectivity index (χ1v) is 6.62. The van der Waals surface area contributed by atoms with E-state index in [-0.39, 0.29) is 0 Å². The van der Waals surface area contributed by atoms with Crippen molar-refractivity contribution < 1.29 is 14.3 Å². The molecule has 3 rings (SSSR count). The summed E-state index contributed by atoms with van der Waals surface area (Å²) in [5.74, 6) is -0.247. The number of nitrogens with one attached hydrogen (secondary N) is 1. The Morgan fingerprint density at radius 2 is 1.55 bits per heavy atom. The minimum Gasteiger partial charge on any atom is -0.409 e. The number of fused-ring (bicyclic) bond motifs is 2. The monoisotopic (exact) mass is 292 g/mol. The van der Waals surface area contributed by atoms with E-state index in [1.807, 2.05) is 48.5 Å². The average molecular weight is 292 g/mol. The molecule has 0 unspecified atom stereocenters. The van der Waals surface area contributed by atoms with Gasteiger partial charge in [-0.1, -0.05) is 30.8 Å². The number of hydrogen-bond acceptors (Lipinski definition) is 4. The van der Waals surface area contributed by atoms with Crippen molar-refractivity contribution >= 4 is 33.8 Å². The molecule has 2 amide bonds. The number of nitrogens with zero attached hydrogens (tertiary/aromatic N) is 1. The second-order valence-corrected chi connectivity index (χ2v) is 4.56. The molecule has 1 N–H and O–H groups in total. The molecule has 0 saturated carbocycles. The van der Waals surface area contributed by atoms with Crippen LogP contribution in [0.25, 0.3) is 21.8 Å². The Morgan fingerprint density at radius 3 is 2.09 bits per heavy atom. The zero-order chi connectivity index (χ0) is 15.5. The van der Waals surface area contributed by atoms with Crippen LogP contribution in [0.4, 0.5) is 4.79 Å². The summed E-state index contributed by atoms with van der Waals surface area (Å²) in [5.41, 5.74) is 1.41. The number of imide groups is 1. The number of amides is 2. The summed E-state index contributed by atoms with van der Waals surface area (Å²) in [6, 6.07) is 14.7. The summed E-state index contributed by atoms with van der Waals surface area (Å²) in [7, 11) is 0. The molecule has 1 aromatic heterocycles. The first-order valence-electron chi connectivity index (χ1n) is 6.62. The van der Waals surface area contributed by atoms with Crippen LogP contribution in [-0.2, 0) is 4.79 Å². The van der Waals surface area contributed by atoms with Crippen LogP contribution < -0.4 is 10.1 Å². The van der Waals surface area contributed by atoms with E-state index in [2.05, 4.69) is 16.9 Å². The number of benzene rings is 2. The van der Waals surface area contributed by atoms with Crippen molar-refractivity contribution in [1.29, 1.82) is 0 Å². The number of pyridine rings is 1. The van der Waals surface area contributed by atoms with E-state index in [1.165, 1.54) is 0 Å². The molecule has 22 heavy (non-hydrogen) atoms. The molecule has 0 radical (unpaired) electrons. The Balaban J connectivity index is 2.14. The fourth-order valence-corrected chi connectivity index (χ4v) is 2.18. The number of hydrogen-bond donors (Lipinski definition) is 1. The van der Waals surface area contributed by atoms with E-state index >= 15 is 0 Å². The van der Waals surface area contributed by atoms with Gasteiger partial charge in [0, 0.05) is 10.8 Å². The Bertz CT molecular complexity index is 849. The highest BCUT2D eigenvalue weighted by Crippen LogP contribution is 2.32. The first-order chi connectivity index (χ1) is 10.7. The second kappa shape index (κ2) is 5.65. The molecule has 1 heterocycles. The summed E-state index contributed by atoms with van der Waals surface area (Å²) >= 11 is 0. The van der Waals surface area contributed by atoms with Crippen molar-refractivity contribution in [2.45, 2.75) is 0 Å². The highest BCUT2D eigenvalue weighted by atomic mass is 16.6. The SMILES string of the molecule is C=CC(=O)NC(=O)Oc1c2ccccc2nc2ccccc12. The van der Waals surface area contributed by atoms with E-state index in [0.29, 0.717) is 27.6 Å². The Morgan fingerprint density at radius 1 is 1.00 bits per heavy atom. The number of para-hydroxylation sites is 2. The van der Waals surface area contributed by atoms with Crippen LogP contribution in [0.1, 0.15) is 0 Å². The average Bonchev–Trinajstić information content (AvgIpc) is 2.54. The highest BCUT2D eigenvalue weighted by Gasteiger charge is 2.14. The molecule has 3 aromatic rings. The molecule has 5 heteroatoms. The third-order valence-corrected chi connectivity index (χ3v) is 3.14. The third-order valence-electron chi connectivity index (χ3n) is 3.14. The van der Waals surface area contributed by atoms with Gasteiger partial charge in [0.2, 0.25) is 0 Å². The van der Waals surface area contributed by atoms with Crippen molar-refractivity contribution in [3.8, 4) is 5.75 Å². The lowest BCUT2D eigenvalue weighted by molar-refractivity contribution is -0.115. The van der Waals surface area contributed by atoms with Crippen LogP contribution in [0.5, 0.6) is 5.75 Å². The van der Waals surface area contributed by atoms with Gasteiger partial charge in [-0.25, -0.2) is 9.78 Å². The topological polar surface area (TPSA) is 68.3 Å². The third kappa shape index (κ3) is 2.52. The quantitative estimate of drug-likeness (QED) is 0.582. The van der Waals surface area contributed by atoms with E-state index in [9.17, 15) is 9.59 Å². The molecule has 108 valence electrons. The summed E-state index contributed by atoms with van der Waals surface area (Å²) in [4.78, 5) is 27.6. The van der Waals surface area contributed by atoms with Crippen LogP contribution in [0, 0.1) is 0 Å². The van der Waals surface area contributed by atoms with Crippen LogP contribution in [0.3, 0.4) is 0 Å². The van der Waals surface area contributed by atoms with Gasteiger partial charge in [-0.15, -0.1) is 0 Å². The minimum atomic E-state index is -0.855. The number of rotatable bonds is 2. The Hall–Kier alpha value is -3.21. The summed E-state index contributed by atoms with van der Waals surface area (Å²) in [5, 5.41) is 3.46. The second-order valence-electron chi connectivity index (χ2n) is 4.56. The predicted molar refractivity (Wildman–Crippen MR) is 83.6 cm³/mol. The van der Waals surface area contributed by atoms with Gasteiger partial charge < -0.3 is 4.74 Å². The first kappa shape index (κ1) is 13.8. The largest absolute Gasteiger partial charge is 0.419 e. The van der Waals surface area contributed by atoms with E-state index in [0.717, 1.165) is 6.08 Å². The van der Waals surface area contributed by atoms with Crippen molar-refractivity contribution in [1.82, 2.24) is 10.3 Å². The maximum atomic E-state index is 11.8. The number of ether oxygens (including phenoxy) is 1. The van der Waals surface area contributed by atoms with Crippen molar-refractivity contribution in [2.24, 2.45) is 0 Å². The van der Waals surface area contributed by atoms with E-state index in [4.69, 9.17) is 4.74 Å². The molecule has 0 saturated heterocycles. The van der Waals surface area contributed by atoms with Crippen LogP contribution in [0.2, 0.25) is 0 Å². The fourth-order valence-electron chi connectivity index (χ4n) is 2.18. The Kier molecular flexibility index (Phi) is 3.53. The minimum absolute atomic E-state index is 0.371. The molecule has 2 aromatic carbocycles. The number of carbonyl (C=O) groups is 2. The van der Waals surface area contributed by atoms with Gasteiger partial charge in [0.05, 0.1) is 11.0 Å². The lowest BCUT2D eigenvalue weighted by atomic mass is 10.1. The number of carbonyl (C=O) groups excluding carboxylic acids is 2. The molecule has 0 aliphatic rings. The maximum absolute atomic E-state index is 11.8. The molecule has 0 atom stereocenters. The van der Waals surface area contributed by atoms with Gasteiger partial charge in [0.25, 0.3) is 5.91 Å². The van der Waals surface area contributed by atoms with Crippen molar-refractivity contribution in [2.75, 3.05) is 0 Å². The van der Waals surface area contributed by atoms with Crippen LogP contribution in [0.15, 0.2) is 61.2 Å². The van der Waals surface area contributed by atoms with E-state index < -0.39 is 12.0 Å². The molecule has 0 bridgehead atoms. The molecule has 0 aliphatic carbocycles. The zero-order valence-corrected chi connectivity index (χ0v) is 11.6. The normalized spacial score (nSPS) is 10.4. The zero-order valence-electron chi connectivity index (χ0n) is 11.6. The van der Waals surface area contributed by atoms with Crippen LogP contribution in [-0.4, -0.2) is 17.0 Å². The van der Waals surface area contributed by atoms with Gasteiger partial charge in [-0.05, 0) is 30.3 Å². The summed E-state index contributed by atoms with van der Waals surface area (Å²) in [6.45, 7) is 3.29. The standard InChI is InChI=1S/C17H12N2O3/c1-2-15(20)19-17(21)22-16-11-7-3-5-9-13(11)18-14-10-6-4-8-12(14)16/h2-10H,1H2,(H,19,20,21). The van der Waals surface area contributed by atoms with Crippen molar-refractivity contribution in [3.63, 3.8) is 0 Å². The number of aromatic nitrogens is 1. The smallest absolute Gasteiger partial charge is 0.409 e. The van der Waals surface area contributed by atoms with Gasteiger partial charge in [0.1, 0.15) is 0 Å². The maximum Gasteiger partial charge on any atom is 0.419 e. The molecule has 0 aliphatic heterocycles. The molecular weight excluding hydrogens is 280 g/mol. The van der Waals surface area contributed by atoms with Crippen molar-refractivity contribution in [3.05, 3.63) is 61.2 Å². The molecule has 0 spiro atoms. The molecular formula is C17H12N2O3. The van der Waals surface area contributed by atoms with E-state index in [1.54, 1.807) is 0 Å². The van der Waals surface area contributed by atoms with Gasteiger partial charge >= 0.3 is 6.09 Å². The molecule has 0 fully saturated rings. The van der Waals surface area contributed by atoms with Gasteiger partial charge in [0.15, 0.2) is 5.75 Å². The van der Waals surface area contributed by atoms with Gasteiger partial charge in [-0.3, -0.25) is 10.1 Å². The lowest BCUT2D eigenvalue weighted by Gasteiger charge is -2.10. The highest BCUT2D eigenvalue weighted by molar-refractivity contribution is 6.04. The lowest BCUT2D eigenvalue weighted by Crippen LogP contribution is -2.31. The fraction of sp³-hybridized carbons (Fsp3) is 0. The van der Waals surface area contributed by atoms with Crippen LogP contribution >= 0.6 is 0 Å². The summed E-state index contributed by atoms with van der Waals surface area (Å²) in [6.07, 6.45) is 0.149. The van der Waals surface area contributed by atoms with Gasteiger partial charge in [-0.2, -0.15) is 0 Å². The predicted octanol–water partition coefficient (Wildman–Crippen LogP) is 3.19. The Labute approximate surface area is 126 Å². The summed E-state index contributed by atoms with van der Waals surface area (Å²) < 4.78 is 5.35. The molecule has 5 nitrogen and oxygen atoms in total.